The molecule has 1 aromatic heterocycles. The first-order chi connectivity index (χ1) is 14.0. The number of carbonyl (C=O) groups is 1. The summed E-state index contributed by atoms with van der Waals surface area (Å²) in [6.07, 6.45) is 0. The van der Waals surface area contributed by atoms with Gasteiger partial charge in [-0.3, -0.25) is 9.69 Å². The lowest BCUT2D eigenvalue weighted by Crippen LogP contribution is -2.37. The zero-order chi connectivity index (χ0) is 20.5. The summed E-state index contributed by atoms with van der Waals surface area (Å²) in [5.74, 6) is 1.50. The third-order valence-corrected chi connectivity index (χ3v) is 6.05. The van der Waals surface area contributed by atoms with Crippen LogP contribution in [0.3, 0.4) is 0 Å². The van der Waals surface area contributed by atoms with E-state index >= 15 is 0 Å². The van der Waals surface area contributed by atoms with E-state index in [0.29, 0.717) is 18.4 Å². The zero-order valence-corrected chi connectivity index (χ0v) is 17.2. The van der Waals surface area contributed by atoms with Gasteiger partial charge in [-0.05, 0) is 23.6 Å². The van der Waals surface area contributed by atoms with E-state index in [2.05, 4.69) is 23.9 Å². The molecule has 1 aromatic carbocycles. The van der Waals surface area contributed by atoms with Gasteiger partial charge in [0.2, 0.25) is 5.91 Å². The number of fused-ring (bicyclic) bond motifs is 1. The molecule has 156 valence electrons. The van der Waals surface area contributed by atoms with Gasteiger partial charge in [-0.15, -0.1) is 0 Å². The third kappa shape index (κ3) is 4.07. The molecule has 2 aromatic rings. The average molecular weight is 401 g/mol. The standard InChI is InChI=1S/C22H28FN3O3/c1-14(2)20-8-18(24-29-20)11-25-9-16-10-26(21(27)13-28-3)22(19(16)12-25)15-5-4-6-17(23)7-15/h4-8,14,16,19,22H,9-13H2,1-3H3/t16-,19-,22+/m1/s1. The topological polar surface area (TPSA) is 58.8 Å². The number of benzene rings is 1. The van der Waals surface area contributed by atoms with Crippen molar-refractivity contribution < 1.29 is 18.4 Å². The molecule has 2 fully saturated rings. The summed E-state index contributed by atoms with van der Waals surface area (Å²) in [7, 11) is 1.52. The Labute approximate surface area is 170 Å². The first-order valence-electron chi connectivity index (χ1n) is 10.2. The zero-order valence-electron chi connectivity index (χ0n) is 17.2. The predicted molar refractivity (Wildman–Crippen MR) is 106 cm³/mol. The summed E-state index contributed by atoms with van der Waals surface area (Å²) in [6.45, 7) is 7.33. The number of halogens is 1. The molecule has 0 spiro atoms. The Morgan fingerprint density at radius 1 is 1.31 bits per heavy atom. The van der Waals surface area contributed by atoms with Crippen molar-refractivity contribution in [2.24, 2.45) is 11.8 Å². The quantitative estimate of drug-likeness (QED) is 0.744. The van der Waals surface area contributed by atoms with E-state index < -0.39 is 0 Å². The van der Waals surface area contributed by atoms with E-state index in [4.69, 9.17) is 9.26 Å². The SMILES string of the molecule is COCC(=O)N1C[C@H]2CN(Cc3cc(C(C)C)on3)C[C@H]2[C@@H]1c1cccc(F)c1. The minimum Gasteiger partial charge on any atom is -0.375 e. The number of ether oxygens (including phenoxy) is 1. The summed E-state index contributed by atoms with van der Waals surface area (Å²) < 4.78 is 24.4. The van der Waals surface area contributed by atoms with Gasteiger partial charge in [-0.2, -0.15) is 0 Å². The van der Waals surface area contributed by atoms with Crippen LogP contribution in [0.4, 0.5) is 4.39 Å². The molecule has 7 heteroatoms. The second-order valence-corrected chi connectivity index (χ2v) is 8.47. The maximum absolute atomic E-state index is 13.9. The Bertz CT molecular complexity index is 868. The van der Waals surface area contributed by atoms with Crippen LogP contribution in [-0.2, 0) is 16.1 Å². The van der Waals surface area contributed by atoms with Crippen LogP contribution < -0.4 is 0 Å². The van der Waals surface area contributed by atoms with Crippen LogP contribution in [0.1, 0.15) is 42.8 Å². The summed E-state index contributed by atoms with van der Waals surface area (Å²) in [5.41, 5.74) is 1.79. The molecule has 3 heterocycles. The number of hydrogen-bond acceptors (Lipinski definition) is 5. The van der Waals surface area contributed by atoms with E-state index in [0.717, 1.165) is 36.7 Å². The molecule has 3 atom stereocenters. The van der Waals surface area contributed by atoms with Crippen LogP contribution in [0.15, 0.2) is 34.9 Å². The highest BCUT2D eigenvalue weighted by Gasteiger charge is 2.49. The first-order valence-corrected chi connectivity index (χ1v) is 10.2. The molecule has 1 amide bonds. The van der Waals surface area contributed by atoms with Crippen molar-refractivity contribution in [3.63, 3.8) is 0 Å². The maximum Gasteiger partial charge on any atom is 0.249 e. The van der Waals surface area contributed by atoms with Gasteiger partial charge < -0.3 is 14.2 Å². The second kappa shape index (κ2) is 8.24. The highest BCUT2D eigenvalue weighted by Crippen LogP contribution is 2.45. The Morgan fingerprint density at radius 3 is 2.83 bits per heavy atom. The molecule has 29 heavy (non-hydrogen) atoms. The third-order valence-electron chi connectivity index (χ3n) is 6.05. The molecule has 0 unspecified atom stereocenters. The van der Waals surface area contributed by atoms with Crippen molar-refractivity contribution in [1.82, 2.24) is 15.0 Å². The van der Waals surface area contributed by atoms with Crippen molar-refractivity contribution in [3.8, 4) is 0 Å². The molecule has 2 aliphatic rings. The molecule has 4 rings (SSSR count). The summed E-state index contributed by atoms with van der Waals surface area (Å²) >= 11 is 0. The van der Waals surface area contributed by atoms with E-state index in [1.165, 1.54) is 13.2 Å². The highest BCUT2D eigenvalue weighted by molar-refractivity contribution is 5.78. The Morgan fingerprint density at radius 2 is 2.14 bits per heavy atom. The van der Waals surface area contributed by atoms with Gasteiger partial charge in [-0.25, -0.2) is 4.39 Å². The number of amides is 1. The number of aromatic nitrogens is 1. The molecule has 0 N–H and O–H groups in total. The van der Waals surface area contributed by atoms with Crippen LogP contribution in [0.2, 0.25) is 0 Å². The predicted octanol–water partition coefficient (Wildman–Crippen LogP) is 3.22. The minimum absolute atomic E-state index is 0.0409. The normalized spacial score (nSPS) is 24.4. The lowest BCUT2D eigenvalue weighted by atomic mass is 9.89. The van der Waals surface area contributed by atoms with E-state index in [1.54, 1.807) is 12.1 Å². The summed E-state index contributed by atoms with van der Waals surface area (Å²) in [5, 5.41) is 4.20. The molecule has 2 aliphatic heterocycles. The largest absolute Gasteiger partial charge is 0.375 e. The van der Waals surface area contributed by atoms with Gasteiger partial charge in [0.05, 0.1) is 11.7 Å². The number of methoxy groups -OCH3 is 1. The number of hydrogen-bond donors (Lipinski definition) is 0. The highest BCUT2D eigenvalue weighted by atomic mass is 19.1. The van der Waals surface area contributed by atoms with E-state index in [9.17, 15) is 9.18 Å². The van der Waals surface area contributed by atoms with Gasteiger partial charge in [0.25, 0.3) is 0 Å². The molecule has 2 saturated heterocycles. The second-order valence-electron chi connectivity index (χ2n) is 8.47. The number of nitrogens with zero attached hydrogens (tertiary/aromatic N) is 3. The lowest BCUT2D eigenvalue weighted by Gasteiger charge is -2.29. The number of rotatable bonds is 6. The fourth-order valence-corrected chi connectivity index (χ4v) is 4.75. The fraction of sp³-hybridized carbons (Fsp3) is 0.545. The molecule has 0 radical (unpaired) electrons. The Kier molecular flexibility index (Phi) is 5.69. The smallest absolute Gasteiger partial charge is 0.249 e. The molecule has 0 saturated carbocycles. The van der Waals surface area contributed by atoms with Crippen molar-refractivity contribution >= 4 is 5.91 Å². The minimum atomic E-state index is -0.274. The molecule has 0 aliphatic carbocycles. The van der Waals surface area contributed by atoms with Gasteiger partial charge in [0.1, 0.15) is 18.2 Å². The van der Waals surface area contributed by atoms with E-state index in [-0.39, 0.29) is 30.3 Å². The summed E-state index contributed by atoms with van der Waals surface area (Å²) in [6, 6.07) is 8.51. The lowest BCUT2D eigenvalue weighted by molar-refractivity contribution is -0.136. The molecule has 6 nitrogen and oxygen atoms in total. The van der Waals surface area contributed by atoms with Crippen molar-refractivity contribution in [2.75, 3.05) is 33.4 Å². The fourth-order valence-electron chi connectivity index (χ4n) is 4.75. The van der Waals surface area contributed by atoms with Crippen LogP contribution in [0.5, 0.6) is 0 Å². The Hall–Kier alpha value is -2.25. The molecular formula is C22H28FN3O3. The van der Waals surface area contributed by atoms with Crippen LogP contribution in [-0.4, -0.2) is 54.2 Å². The number of likely N-dealkylation sites (tertiary alicyclic amines) is 2. The van der Waals surface area contributed by atoms with Gasteiger partial charge in [0.15, 0.2) is 0 Å². The van der Waals surface area contributed by atoms with Crippen molar-refractivity contribution in [3.05, 3.63) is 53.2 Å². The monoisotopic (exact) mass is 401 g/mol. The first kappa shape index (κ1) is 20.0. The van der Waals surface area contributed by atoms with Crippen LogP contribution in [0, 0.1) is 17.7 Å². The van der Waals surface area contributed by atoms with Crippen LogP contribution in [0.25, 0.3) is 0 Å². The average Bonchev–Trinajstić information content (AvgIpc) is 3.36. The van der Waals surface area contributed by atoms with Crippen molar-refractivity contribution in [2.45, 2.75) is 32.4 Å². The van der Waals surface area contributed by atoms with Gasteiger partial charge in [0, 0.05) is 51.2 Å². The number of carbonyl (C=O) groups excluding carboxylic acids is 1. The molecular weight excluding hydrogens is 373 g/mol. The van der Waals surface area contributed by atoms with Gasteiger partial charge in [-0.1, -0.05) is 31.1 Å². The molecule has 0 bridgehead atoms. The van der Waals surface area contributed by atoms with Crippen LogP contribution >= 0.6 is 0 Å². The Balaban J connectivity index is 1.52. The van der Waals surface area contributed by atoms with E-state index in [1.807, 2.05) is 17.0 Å². The van der Waals surface area contributed by atoms with Crippen molar-refractivity contribution in [1.29, 1.82) is 0 Å². The maximum atomic E-state index is 13.9. The van der Waals surface area contributed by atoms with Gasteiger partial charge >= 0.3 is 0 Å². The summed E-state index contributed by atoms with van der Waals surface area (Å²) in [4.78, 5) is 16.9.